The Morgan fingerprint density at radius 1 is 1.38 bits per heavy atom. The third-order valence-corrected chi connectivity index (χ3v) is 3.47. The summed E-state index contributed by atoms with van der Waals surface area (Å²) in [5.41, 5.74) is 7.02. The molecule has 1 unspecified atom stereocenters. The van der Waals surface area contributed by atoms with E-state index in [0.29, 0.717) is 32.1 Å². The highest BCUT2D eigenvalue weighted by Gasteiger charge is 2.14. The lowest BCUT2D eigenvalue weighted by Gasteiger charge is -2.11. The Labute approximate surface area is 124 Å². The van der Waals surface area contributed by atoms with Crippen molar-refractivity contribution >= 4 is 11.7 Å². The van der Waals surface area contributed by atoms with E-state index in [2.05, 4.69) is 22.2 Å². The van der Waals surface area contributed by atoms with Crippen molar-refractivity contribution in [1.82, 2.24) is 5.32 Å². The highest BCUT2D eigenvalue weighted by atomic mass is 16.7. The van der Waals surface area contributed by atoms with Crippen LogP contribution in [0.25, 0.3) is 0 Å². The van der Waals surface area contributed by atoms with Gasteiger partial charge < -0.3 is 20.5 Å². The Kier molecular flexibility index (Phi) is 3.94. The number of nitrogens with two attached hydrogens (primary N) is 1. The topological polar surface area (TPSA) is 81.2 Å². The minimum absolute atomic E-state index is 0.273. The Morgan fingerprint density at radius 3 is 3.14 bits per heavy atom. The number of amidine groups is 2. The van der Waals surface area contributed by atoms with Crippen molar-refractivity contribution in [2.45, 2.75) is 25.8 Å². The number of rotatable bonds is 3. The average Bonchev–Trinajstić information content (AvgIpc) is 2.86. The van der Waals surface area contributed by atoms with E-state index in [9.17, 15) is 0 Å². The summed E-state index contributed by atoms with van der Waals surface area (Å²) in [6, 6.07) is 6.28. The van der Waals surface area contributed by atoms with E-state index < -0.39 is 0 Å². The molecule has 21 heavy (non-hydrogen) atoms. The summed E-state index contributed by atoms with van der Waals surface area (Å²) in [4.78, 5) is 8.89. The molecule has 2 aliphatic heterocycles. The lowest BCUT2D eigenvalue weighted by Crippen LogP contribution is -2.34. The molecule has 6 nitrogen and oxygen atoms in total. The number of hydrogen-bond acceptors (Lipinski definition) is 5. The van der Waals surface area contributed by atoms with Crippen LogP contribution in [0, 0.1) is 0 Å². The van der Waals surface area contributed by atoms with Crippen molar-refractivity contribution in [2.75, 3.05) is 19.9 Å². The maximum atomic E-state index is 5.83. The van der Waals surface area contributed by atoms with Crippen LogP contribution in [0.4, 0.5) is 0 Å². The molecule has 1 aromatic rings. The number of ether oxygens (including phenoxy) is 2. The minimum atomic E-state index is 0.273. The molecule has 0 radical (unpaired) electrons. The van der Waals surface area contributed by atoms with Gasteiger partial charge in [-0.25, -0.2) is 0 Å². The van der Waals surface area contributed by atoms with Crippen LogP contribution in [-0.2, 0) is 6.42 Å². The fourth-order valence-electron chi connectivity index (χ4n) is 2.38. The molecule has 1 atom stereocenters. The van der Waals surface area contributed by atoms with E-state index in [1.807, 2.05) is 18.2 Å². The zero-order valence-electron chi connectivity index (χ0n) is 12.1. The predicted octanol–water partition coefficient (Wildman–Crippen LogP) is 1.10. The van der Waals surface area contributed by atoms with Crippen molar-refractivity contribution in [3.8, 4) is 11.5 Å². The second-order valence-corrected chi connectivity index (χ2v) is 5.32. The molecular formula is C15H20N4O2. The van der Waals surface area contributed by atoms with Crippen LogP contribution in [0.3, 0.4) is 0 Å². The van der Waals surface area contributed by atoms with E-state index in [-0.39, 0.29) is 6.04 Å². The van der Waals surface area contributed by atoms with Crippen LogP contribution < -0.4 is 20.5 Å². The molecule has 2 aliphatic rings. The Balaban J connectivity index is 1.60. The first-order chi connectivity index (χ1) is 10.2. The zero-order valence-corrected chi connectivity index (χ0v) is 12.1. The van der Waals surface area contributed by atoms with Gasteiger partial charge in [-0.3, -0.25) is 9.98 Å². The first kappa shape index (κ1) is 13.7. The molecular weight excluding hydrogens is 268 g/mol. The Hall–Kier alpha value is -2.24. The van der Waals surface area contributed by atoms with Crippen molar-refractivity contribution in [3.63, 3.8) is 0 Å². The zero-order chi connectivity index (χ0) is 14.7. The second-order valence-electron chi connectivity index (χ2n) is 5.32. The quantitative estimate of drug-likeness (QED) is 0.872. The molecule has 112 valence electrons. The SMILES string of the molecule is CC1CN=C(N)CC(=NCCc2ccc3c(c2)OCO3)N1. The molecule has 0 aliphatic carbocycles. The maximum Gasteiger partial charge on any atom is 0.231 e. The van der Waals surface area contributed by atoms with Gasteiger partial charge in [0, 0.05) is 12.6 Å². The van der Waals surface area contributed by atoms with E-state index in [4.69, 9.17) is 15.2 Å². The lowest BCUT2D eigenvalue weighted by molar-refractivity contribution is 0.174. The van der Waals surface area contributed by atoms with E-state index in [1.165, 1.54) is 5.56 Å². The van der Waals surface area contributed by atoms with Gasteiger partial charge in [-0.2, -0.15) is 0 Å². The number of nitrogens with zero attached hydrogens (tertiary/aromatic N) is 2. The van der Waals surface area contributed by atoms with Gasteiger partial charge in [0.1, 0.15) is 11.7 Å². The molecule has 0 saturated carbocycles. The van der Waals surface area contributed by atoms with Crippen LogP contribution in [0.5, 0.6) is 11.5 Å². The van der Waals surface area contributed by atoms with Crippen LogP contribution in [0.2, 0.25) is 0 Å². The molecule has 0 amide bonds. The standard InChI is InChI=1S/C15H20N4O2/c1-10-8-18-14(16)7-15(19-10)17-5-4-11-2-3-12-13(6-11)21-9-20-12/h2-3,6,10H,4-5,7-9H2,1H3,(H2,16,18)(H,17,19). The summed E-state index contributed by atoms with van der Waals surface area (Å²) < 4.78 is 10.7. The highest BCUT2D eigenvalue weighted by molar-refractivity contribution is 6.02. The molecule has 6 heteroatoms. The molecule has 0 aromatic heterocycles. The Bertz CT molecular complexity index is 583. The normalized spacial score (nSPS) is 22.6. The summed E-state index contributed by atoms with van der Waals surface area (Å²) >= 11 is 0. The van der Waals surface area contributed by atoms with Gasteiger partial charge >= 0.3 is 0 Å². The summed E-state index contributed by atoms with van der Waals surface area (Å²) in [6.45, 7) is 3.80. The molecule has 2 heterocycles. The molecule has 0 spiro atoms. The fourth-order valence-corrected chi connectivity index (χ4v) is 2.38. The lowest BCUT2D eigenvalue weighted by atomic mass is 10.1. The van der Waals surface area contributed by atoms with E-state index >= 15 is 0 Å². The van der Waals surface area contributed by atoms with Gasteiger partial charge in [-0.15, -0.1) is 0 Å². The summed E-state index contributed by atoms with van der Waals surface area (Å²) in [5.74, 6) is 3.20. The smallest absolute Gasteiger partial charge is 0.231 e. The largest absolute Gasteiger partial charge is 0.454 e. The van der Waals surface area contributed by atoms with Crippen LogP contribution in [-0.4, -0.2) is 37.6 Å². The van der Waals surface area contributed by atoms with Gasteiger partial charge in [0.2, 0.25) is 6.79 Å². The van der Waals surface area contributed by atoms with Crippen molar-refractivity contribution in [1.29, 1.82) is 0 Å². The van der Waals surface area contributed by atoms with Gasteiger partial charge in [-0.05, 0) is 31.0 Å². The molecule has 1 aromatic carbocycles. The van der Waals surface area contributed by atoms with Crippen LogP contribution in [0.15, 0.2) is 28.2 Å². The molecule has 0 saturated heterocycles. The molecule has 0 bridgehead atoms. The summed E-state index contributed by atoms with van der Waals surface area (Å²) in [5, 5.41) is 3.35. The second kappa shape index (κ2) is 6.03. The average molecular weight is 288 g/mol. The number of aliphatic imine (C=N–C) groups is 2. The monoisotopic (exact) mass is 288 g/mol. The van der Waals surface area contributed by atoms with Gasteiger partial charge in [0.25, 0.3) is 0 Å². The van der Waals surface area contributed by atoms with Gasteiger partial charge in [0.05, 0.1) is 13.0 Å². The fraction of sp³-hybridized carbons (Fsp3) is 0.467. The highest BCUT2D eigenvalue weighted by Crippen LogP contribution is 2.32. The van der Waals surface area contributed by atoms with E-state index in [1.54, 1.807) is 0 Å². The predicted molar refractivity (Wildman–Crippen MR) is 82.3 cm³/mol. The third-order valence-electron chi connectivity index (χ3n) is 3.47. The van der Waals surface area contributed by atoms with Crippen molar-refractivity contribution in [2.24, 2.45) is 15.7 Å². The minimum Gasteiger partial charge on any atom is -0.454 e. The number of benzene rings is 1. The first-order valence-corrected chi connectivity index (χ1v) is 7.18. The number of fused-ring (bicyclic) bond motifs is 1. The van der Waals surface area contributed by atoms with Crippen LogP contribution >= 0.6 is 0 Å². The first-order valence-electron chi connectivity index (χ1n) is 7.18. The Morgan fingerprint density at radius 2 is 2.24 bits per heavy atom. The van der Waals surface area contributed by atoms with Gasteiger partial charge in [-0.1, -0.05) is 6.07 Å². The molecule has 0 fully saturated rings. The maximum absolute atomic E-state index is 5.83. The van der Waals surface area contributed by atoms with Crippen LogP contribution in [0.1, 0.15) is 18.9 Å². The number of hydrogen-bond donors (Lipinski definition) is 2. The summed E-state index contributed by atoms with van der Waals surface area (Å²) in [7, 11) is 0. The summed E-state index contributed by atoms with van der Waals surface area (Å²) in [6.07, 6.45) is 1.46. The number of nitrogens with one attached hydrogen (secondary N) is 1. The van der Waals surface area contributed by atoms with E-state index in [0.717, 1.165) is 23.8 Å². The third kappa shape index (κ3) is 3.45. The molecule has 3 rings (SSSR count). The van der Waals surface area contributed by atoms with Crippen molar-refractivity contribution < 1.29 is 9.47 Å². The molecule has 3 N–H and O–H groups in total. The van der Waals surface area contributed by atoms with Gasteiger partial charge in [0.15, 0.2) is 11.5 Å². The van der Waals surface area contributed by atoms with Crippen molar-refractivity contribution in [3.05, 3.63) is 23.8 Å².